The number of aromatic carboxylic acids is 1. The summed E-state index contributed by atoms with van der Waals surface area (Å²) >= 11 is 0. The van der Waals surface area contributed by atoms with E-state index in [0.717, 1.165) is 43.4 Å². The van der Waals surface area contributed by atoms with Crippen molar-refractivity contribution in [1.82, 2.24) is 19.5 Å². The van der Waals surface area contributed by atoms with Crippen LogP contribution in [-0.4, -0.2) is 43.2 Å². The second kappa shape index (κ2) is 9.95. The minimum atomic E-state index is -1.12. The molecule has 2 N–H and O–H groups in total. The lowest BCUT2D eigenvalue weighted by Crippen LogP contribution is -2.33. The van der Waals surface area contributed by atoms with Crippen LogP contribution >= 0.6 is 0 Å². The molecule has 8 nitrogen and oxygen atoms in total. The molecule has 3 heterocycles. The van der Waals surface area contributed by atoms with Crippen molar-refractivity contribution in [1.29, 1.82) is 0 Å². The van der Waals surface area contributed by atoms with Gasteiger partial charge in [0.15, 0.2) is 11.5 Å². The van der Waals surface area contributed by atoms with Gasteiger partial charge in [0.1, 0.15) is 5.52 Å². The van der Waals surface area contributed by atoms with E-state index in [-0.39, 0.29) is 11.9 Å². The minimum Gasteiger partial charge on any atom is -0.475 e. The van der Waals surface area contributed by atoms with Crippen LogP contribution in [-0.2, 0) is 19.5 Å². The number of carboxylic acids is 1. The number of hydrogen-bond donors (Lipinski definition) is 2. The summed E-state index contributed by atoms with van der Waals surface area (Å²) in [6.45, 7) is 7.07. The van der Waals surface area contributed by atoms with Gasteiger partial charge in [-0.15, -0.1) is 0 Å². The number of aromatic nitrogens is 4. The number of hydrogen-bond acceptors (Lipinski definition) is 6. The summed E-state index contributed by atoms with van der Waals surface area (Å²) in [6, 6.07) is 8.85. The van der Waals surface area contributed by atoms with Crippen LogP contribution in [0.4, 0.5) is 11.8 Å². The number of carbonyl (C=O) groups is 1. The molecule has 0 spiro atoms. The van der Waals surface area contributed by atoms with Crippen molar-refractivity contribution in [2.45, 2.75) is 84.3 Å². The van der Waals surface area contributed by atoms with Crippen molar-refractivity contribution in [3.05, 3.63) is 41.2 Å². The predicted molar refractivity (Wildman–Crippen MR) is 145 cm³/mol. The predicted octanol–water partition coefficient (Wildman–Crippen LogP) is 5.51. The number of anilines is 2. The number of nitrogens with zero attached hydrogens (tertiary/aromatic N) is 5. The molecule has 6 rings (SSSR count). The van der Waals surface area contributed by atoms with Crippen LogP contribution < -0.4 is 10.2 Å². The highest BCUT2D eigenvalue weighted by Crippen LogP contribution is 2.36. The Balaban J connectivity index is 1.44. The van der Waals surface area contributed by atoms with Gasteiger partial charge >= 0.3 is 5.97 Å². The fourth-order valence-corrected chi connectivity index (χ4v) is 6.34. The zero-order chi connectivity index (χ0) is 25.5. The topological polar surface area (TPSA) is 96.2 Å². The summed E-state index contributed by atoms with van der Waals surface area (Å²) in [7, 11) is 0. The smallest absolute Gasteiger partial charge is 0.374 e. The maximum atomic E-state index is 12.0. The van der Waals surface area contributed by atoms with E-state index < -0.39 is 5.97 Å². The molecule has 0 bridgehead atoms. The largest absolute Gasteiger partial charge is 0.475 e. The molecule has 196 valence electrons. The number of carboxylic acid groups (broad SMARTS) is 1. The highest BCUT2D eigenvalue weighted by atomic mass is 16.4. The number of rotatable bonds is 7. The van der Waals surface area contributed by atoms with Crippen molar-refractivity contribution in [3.63, 3.8) is 0 Å². The van der Waals surface area contributed by atoms with Crippen LogP contribution in [0.3, 0.4) is 0 Å². The highest BCUT2D eigenvalue weighted by Gasteiger charge is 2.30. The molecule has 1 aliphatic heterocycles. The van der Waals surface area contributed by atoms with E-state index in [0.29, 0.717) is 23.3 Å². The standard InChI is InChI=1S/C29H38N6O2/c1-18-10-12-20(13-11-18)16-35-24-25(30-19(2)21-8-5-9-21)31-27(28(36)37)32-26(24)33-29(35)34-15-14-22-6-3-4-7-23(22)17-34/h3-4,6-7,18-21H,5,8-17H2,1-2H3,(H,36,37)(H,30,31,32)/t18-,19-,20-/m1/s1. The Morgan fingerprint density at radius 1 is 1.08 bits per heavy atom. The molecule has 2 aliphatic carbocycles. The number of imidazole rings is 1. The Bertz CT molecular complexity index is 1290. The van der Waals surface area contributed by atoms with Gasteiger partial charge in [0, 0.05) is 25.7 Å². The van der Waals surface area contributed by atoms with Crippen molar-refractivity contribution >= 4 is 28.9 Å². The molecule has 37 heavy (non-hydrogen) atoms. The first-order valence-electron chi connectivity index (χ1n) is 14.1. The molecule has 0 saturated heterocycles. The van der Waals surface area contributed by atoms with Crippen LogP contribution in [0.25, 0.3) is 11.2 Å². The summed E-state index contributed by atoms with van der Waals surface area (Å²) in [5, 5.41) is 13.4. The SMILES string of the molecule is C[C@@H](Nc1nc(C(=O)O)nc2nc(N3CCc4ccccc4C3)n(C[C@H]3CC[C@H](C)CC3)c12)C1CCC1. The number of benzene rings is 1. The Hall–Kier alpha value is -3.16. The normalized spacial score (nSPS) is 22.9. The van der Waals surface area contributed by atoms with Gasteiger partial charge in [-0.05, 0) is 67.9 Å². The third-order valence-corrected chi connectivity index (χ3v) is 8.99. The molecule has 8 heteroatoms. The second-order valence-electron chi connectivity index (χ2n) is 11.6. The second-order valence-corrected chi connectivity index (χ2v) is 11.6. The lowest BCUT2D eigenvalue weighted by Gasteiger charge is -2.33. The monoisotopic (exact) mass is 502 g/mol. The van der Waals surface area contributed by atoms with Gasteiger partial charge in [-0.25, -0.2) is 14.8 Å². The van der Waals surface area contributed by atoms with Crippen molar-refractivity contribution in [2.75, 3.05) is 16.8 Å². The van der Waals surface area contributed by atoms with Gasteiger partial charge in [0.25, 0.3) is 0 Å². The van der Waals surface area contributed by atoms with Gasteiger partial charge in [0.2, 0.25) is 11.8 Å². The Labute approximate surface area is 218 Å². The maximum Gasteiger partial charge on any atom is 0.374 e. The fourth-order valence-electron chi connectivity index (χ4n) is 6.34. The molecule has 0 radical (unpaired) electrons. The molecule has 1 aromatic carbocycles. The highest BCUT2D eigenvalue weighted by molar-refractivity contribution is 5.91. The Morgan fingerprint density at radius 3 is 2.54 bits per heavy atom. The molecule has 2 fully saturated rings. The van der Waals surface area contributed by atoms with Crippen molar-refractivity contribution in [2.24, 2.45) is 17.8 Å². The van der Waals surface area contributed by atoms with Crippen LogP contribution in [0.15, 0.2) is 24.3 Å². The quantitative estimate of drug-likeness (QED) is 0.439. The first-order valence-corrected chi connectivity index (χ1v) is 14.1. The van der Waals surface area contributed by atoms with Crippen LogP contribution in [0.2, 0.25) is 0 Å². The molecule has 2 aromatic heterocycles. The van der Waals surface area contributed by atoms with Gasteiger partial charge in [0.05, 0.1) is 0 Å². The Kier molecular flexibility index (Phi) is 6.51. The molecule has 0 unspecified atom stereocenters. The summed E-state index contributed by atoms with van der Waals surface area (Å²) < 4.78 is 2.31. The average Bonchev–Trinajstić information content (AvgIpc) is 3.22. The molecular weight excluding hydrogens is 464 g/mol. The van der Waals surface area contributed by atoms with E-state index >= 15 is 0 Å². The molecule has 2 saturated carbocycles. The minimum absolute atomic E-state index is 0.192. The maximum absolute atomic E-state index is 12.0. The van der Waals surface area contributed by atoms with Crippen LogP contribution in [0.5, 0.6) is 0 Å². The first-order chi connectivity index (χ1) is 18.0. The van der Waals surface area contributed by atoms with Gasteiger partial charge in [-0.3, -0.25) is 0 Å². The number of nitrogens with one attached hydrogen (secondary N) is 1. The molecule has 1 atom stereocenters. The van der Waals surface area contributed by atoms with E-state index in [1.165, 1.54) is 56.1 Å². The van der Waals surface area contributed by atoms with Gasteiger partial charge in [-0.2, -0.15) is 4.98 Å². The van der Waals surface area contributed by atoms with E-state index in [1.807, 2.05) is 0 Å². The van der Waals surface area contributed by atoms with Crippen molar-refractivity contribution in [3.8, 4) is 0 Å². The number of fused-ring (bicyclic) bond motifs is 2. The van der Waals surface area contributed by atoms with E-state index in [4.69, 9.17) is 4.98 Å². The Morgan fingerprint density at radius 2 is 1.84 bits per heavy atom. The van der Waals surface area contributed by atoms with E-state index in [9.17, 15) is 9.90 Å². The zero-order valence-corrected chi connectivity index (χ0v) is 22.0. The molecule has 3 aromatic rings. The lowest BCUT2D eigenvalue weighted by atomic mass is 9.80. The van der Waals surface area contributed by atoms with Crippen molar-refractivity contribution < 1.29 is 9.90 Å². The molecule has 3 aliphatic rings. The molecular formula is C29H38N6O2. The van der Waals surface area contributed by atoms with Gasteiger partial charge in [-0.1, -0.05) is 50.5 Å². The first kappa shape index (κ1) is 24.2. The summed E-state index contributed by atoms with van der Waals surface area (Å²) in [4.78, 5) is 28.3. The average molecular weight is 503 g/mol. The third kappa shape index (κ3) is 4.78. The third-order valence-electron chi connectivity index (χ3n) is 8.99. The zero-order valence-electron chi connectivity index (χ0n) is 22.0. The summed E-state index contributed by atoms with van der Waals surface area (Å²) in [6.07, 6.45) is 9.56. The van der Waals surface area contributed by atoms with Crippen LogP contribution in [0, 0.1) is 17.8 Å². The van der Waals surface area contributed by atoms with Crippen LogP contribution in [0.1, 0.15) is 80.5 Å². The van der Waals surface area contributed by atoms with Gasteiger partial charge < -0.3 is 19.9 Å². The van der Waals surface area contributed by atoms with E-state index in [1.54, 1.807) is 0 Å². The lowest BCUT2D eigenvalue weighted by molar-refractivity contribution is 0.0684. The summed E-state index contributed by atoms with van der Waals surface area (Å²) in [5.74, 6) is 2.14. The summed E-state index contributed by atoms with van der Waals surface area (Å²) in [5.41, 5.74) is 4.05. The fraction of sp³-hybridized carbons (Fsp3) is 0.586. The molecule has 0 amide bonds. The van der Waals surface area contributed by atoms with E-state index in [2.05, 4.69) is 62.9 Å².